The molecule has 0 spiro atoms. The topological polar surface area (TPSA) is 47.0 Å². The summed E-state index contributed by atoms with van der Waals surface area (Å²) in [5.74, 6) is 3.00. The number of nitrogens with zero attached hydrogens (tertiary/aromatic N) is 2. The Kier molecular flexibility index (Phi) is 4.93. The SMILES string of the molecule is CCCc1nc(NCC)cc(Oc2ccc(C)cc2)n1. The predicted molar refractivity (Wildman–Crippen MR) is 81.4 cm³/mol. The van der Waals surface area contributed by atoms with Gasteiger partial charge in [0.25, 0.3) is 0 Å². The van der Waals surface area contributed by atoms with Gasteiger partial charge >= 0.3 is 0 Å². The summed E-state index contributed by atoms with van der Waals surface area (Å²) in [7, 11) is 0. The number of hydrogen-bond donors (Lipinski definition) is 1. The third kappa shape index (κ3) is 3.95. The monoisotopic (exact) mass is 271 g/mol. The Balaban J connectivity index is 2.22. The maximum atomic E-state index is 5.82. The first-order valence-corrected chi connectivity index (χ1v) is 7.07. The van der Waals surface area contributed by atoms with Gasteiger partial charge in [0.2, 0.25) is 5.88 Å². The van der Waals surface area contributed by atoms with Crippen LogP contribution in [0.5, 0.6) is 11.6 Å². The van der Waals surface area contributed by atoms with Gasteiger partial charge in [-0.1, -0.05) is 24.6 Å². The summed E-state index contributed by atoms with van der Waals surface area (Å²) in [6.07, 6.45) is 1.86. The van der Waals surface area contributed by atoms with E-state index in [1.165, 1.54) is 5.56 Å². The molecule has 0 aliphatic heterocycles. The van der Waals surface area contributed by atoms with Crippen molar-refractivity contribution >= 4 is 5.82 Å². The van der Waals surface area contributed by atoms with Gasteiger partial charge in [0.15, 0.2) is 0 Å². The number of aryl methyl sites for hydroxylation is 2. The Morgan fingerprint density at radius 1 is 1.10 bits per heavy atom. The van der Waals surface area contributed by atoms with Crippen molar-refractivity contribution in [1.29, 1.82) is 0 Å². The summed E-state index contributed by atoms with van der Waals surface area (Å²) in [6, 6.07) is 9.78. The van der Waals surface area contributed by atoms with Crippen LogP contribution in [0.15, 0.2) is 30.3 Å². The van der Waals surface area contributed by atoms with E-state index in [0.717, 1.165) is 36.8 Å². The molecule has 0 saturated carbocycles. The highest BCUT2D eigenvalue weighted by molar-refractivity contribution is 5.40. The maximum absolute atomic E-state index is 5.82. The van der Waals surface area contributed by atoms with Crippen LogP contribution in [0.25, 0.3) is 0 Å². The number of aromatic nitrogens is 2. The smallest absolute Gasteiger partial charge is 0.224 e. The zero-order chi connectivity index (χ0) is 14.4. The summed E-state index contributed by atoms with van der Waals surface area (Å²) >= 11 is 0. The molecule has 4 heteroatoms. The molecule has 0 radical (unpaired) electrons. The van der Waals surface area contributed by atoms with Gasteiger partial charge in [0.1, 0.15) is 17.4 Å². The van der Waals surface area contributed by atoms with E-state index in [9.17, 15) is 0 Å². The highest BCUT2D eigenvalue weighted by Gasteiger charge is 2.06. The molecule has 0 atom stereocenters. The van der Waals surface area contributed by atoms with Gasteiger partial charge in [-0.05, 0) is 32.4 Å². The second-order valence-electron chi connectivity index (χ2n) is 4.70. The molecule has 4 nitrogen and oxygen atoms in total. The molecule has 1 aromatic heterocycles. The first-order valence-electron chi connectivity index (χ1n) is 7.07. The summed E-state index contributed by atoms with van der Waals surface area (Å²) in [6.45, 7) is 7.04. The summed E-state index contributed by atoms with van der Waals surface area (Å²) < 4.78 is 5.82. The number of hydrogen-bond acceptors (Lipinski definition) is 4. The van der Waals surface area contributed by atoms with E-state index in [4.69, 9.17) is 4.74 Å². The number of ether oxygens (including phenoxy) is 1. The fourth-order valence-corrected chi connectivity index (χ4v) is 1.86. The lowest BCUT2D eigenvalue weighted by atomic mass is 10.2. The number of anilines is 1. The van der Waals surface area contributed by atoms with Gasteiger partial charge in [0.05, 0.1) is 0 Å². The van der Waals surface area contributed by atoms with Gasteiger partial charge in [-0.25, -0.2) is 4.98 Å². The largest absolute Gasteiger partial charge is 0.439 e. The Hall–Kier alpha value is -2.10. The van der Waals surface area contributed by atoms with E-state index in [1.54, 1.807) is 0 Å². The molecular formula is C16H21N3O. The highest BCUT2D eigenvalue weighted by atomic mass is 16.5. The fourth-order valence-electron chi connectivity index (χ4n) is 1.86. The molecule has 0 bridgehead atoms. The van der Waals surface area contributed by atoms with Crippen LogP contribution in [-0.2, 0) is 6.42 Å². The molecule has 1 N–H and O–H groups in total. The van der Waals surface area contributed by atoms with E-state index in [0.29, 0.717) is 5.88 Å². The number of rotatable bonds is 6. The highest BCUT2D eigenvalue weighted by Crippen LogP contribution is 2.22. The van der Waals surface area contributed by atoms with E-state index < -0.39 is 0 Å². The molecule has 0 saturated heterocycles. The molecular weight excluding hydrogens is 250 g/mol. The minimum atomic E-state index is 0.586. The molecule has 106 valence electrons. The van der Waals surface area contributed by atoms with Crippen LogP contribution in [0.3, 0.4) is 0 Å². The van der Waals surface area contributed by atoms with Crippen LogP contribution in [0.2, 0.25) is 0 Å². The lowest BCUT2D eigenvalue weighted by molar-refractivity contribution is 0.458. The second-order valence-corrected chi connectivity index (χ2v) is 4.70. The van der Waals surface area contributed by atoms with Crippen LogP contribution in [0.4, 0.5) is 5.82 Å². The second kappa shape index (κ2) is 6.89. The van der Waals surface area contributed by atoms with Crippen molar-refractivity contribution in [1.82, 2.24) is 9.97 Å². The molecule has 2 aromatic rings. The van der Waals surface area contributed by atoms with Crippen molar-refractivity contribution in [3.05, 3.63) is 41.7 Å². The van der Waals surface area contributed by atoms with Crippen molar-refractivity contribution in [3.63, 3.8) is 0 Å². The molecule has 0 fully saturated rings. The van der Waals surface area contributed by atoms with E-state index in [1.807, 2.05) is 37.3 Å². The van der Waals surface area contributed by atoms with Gasteiger partial charge in [0, 0.05) is 19.0 Å². The van der Waals surface area contributed by atoms with Gasteiger partial charge < -0.3 is 10.1 Å². The summed E-state index contributed by atoms with van der Waals surface area (Å²) in [4.78, 5) is 8.92. The van der Waals surface area contributed by atoms with Crippen LogP contribution < -0.4 is 10.1 Å². The lowest BCUT2D eigenvalue weighted by Gasteiger charge is -2.09. The van der Waals surface area contributed by atoms with Gasteiger partial charge in [-0.3, -0.25) is 0 Å². The Morgan fingerprint density at radius 2 is 1.85 bits per heavy atom. The van der Waals surface area contributed by atoms with Crippen molar-refractivity contribution < 1.29 is 4.74 Å². The van der Waals surface area contributed by atoms with Crippen LogP contribution in [-0.4, -0.2) is 16.5 Å². The van der Waals surface area contributed by atoms with Gasteiger partial charge in [-0.2, -0.15) is 4.98 Å². The average Bonchev–Trinajstić information content (AvgIpc) is 2.42. The molecule has 2 rings (SSSR count). The molecule has 0 unspecified atom stereocenters. The van der Waals surface area contributed by atoms with Crippen LogP contribution >= 0.6 is 0 Å². The Morgan fingerprint density at radius 3 is 2.50 bits per heavy atom. The normalized spacial score (nSPS) is 10.3. The first kappa shape index (κ1) is 14.3. The van der Waals surface area contributed by atoms with Crippen molar-refractivity contribution in [2.75, 3.05) is 11.9 Å². The van der Waals surface area contributed by atoms with Gasteiger partial charge in [-0.15, -0.1) is 0 Å². The molecule has 20 heavy (non-hydrogen) atoms. The minimum Gasteiger partial charge on any atom is -0.439 e. The van der Waals surface area contributed by atoms with Crippen LogP contribution in [0, 0.1) is 6.92 Å². The van der Waals surface area contributed by atoms with E-state index >= 15 is 0 Å². The third-order valence-electron chi connectivity index (χ3n) is 2.82. The average molecular weight is 271 g/mol. The maximum Gasteiger partial charge on any atom is 0.224 e. The Labute approximate surface area is 120 Å². The molecule has 0 aliphatic carbocycles. The predicted octanol–water partition coefficient (Wildman–Crippen LogP) is 3.96. The third-order valence-corrected chi connectivity index (χ3v) is 2.82. The lowest BCUT2D eigenvalue weighted by Crippen LogP contribution is -2.04. The van der Waals surface area contributed by atoms with Crippen molar-refractivity contribution in [2.24, 2.45) is 0 Å². The number of benzene rings is 1. The number of nitrogens with one attached hydrogen (secondary N) is 1. The molecule has 0 amide bonds. The Bertz CT molecular complexity index is 528. The van der Waals surface area contributed by atoms with E-state index in [2.05, 4.69) is 29.1 Å². The van der Waals surface area contributed by atoms with E-state index in [-0.39, 0.29) is 0 Å². The first-order chi connectivity index (χ1) is 9.71. The zero-order valence-corrected chi connectivity index (χ0v) is 12.3. The van der Waals surface area contributed by atoms with Crippen molar-refractivity contribution in [3.8, 4) is 11.6 Å². The van der Waals surface area contributed by atoms with Crippen molar-refractivity contribution in [2.45, 2.75) is 33.6 Å². The minimum absolute atomic E-state index is 0.586. The molecule has 0 aliphatic rings. The zero-order valence-electron chi connectivity index (χ0n) is 12.3. The molecule has 1 aromatic carbocycles. The summed E-state index contributed by atoms with van der Waals surface area (Å²) in [5, 5.41) is 3.21. The quantitative estimate of drug-likeness (QED) is 0.863. The summed E-state index contributed by atoms with van der Waals surface area (Å²) in [5.41, 5.74) is 1.21. The standard InChI is InChI=1S/C16H21N3O/c1-4-6-14-18-15(17-5-2)11-16(19-14)20-13-9-7-12(3)8-10-13/h7-11H,4-6H2,1-3H3,(H,17,18,19). The van der Waals surface area contributed by atoms with Crippen LogP contribution in [0.1, 0.15) is 31.7 Å². The fraction of sp³-hybridized carbons (Fsp3) is 0.375. The molecule has 1 heterocycles.